The number of esters is 2. The third-order valence-corrected chi connectivity index (χ3v) is 23.3. The van der Waals surface area contributed by atoms with Crippen molar-refractivity contribution in [2.24, 2.45) is 93.2 Å². The van der Waals surface area contributed by atoms with E-state index in [0.29, 0.717) is 77.8 Å². The van der Waals surface area contributed by atoms with E-state index in [9.17, 15) is 27.6 Å². The highest BCUT2D eigenvalue weighted by Crippen LogP contribution is 2.81. The van der Waals surface area contributed by atoms with Gasteiger partial charge in [-0.2, -0.15) is 8.42 Å². The molecule has 0 N–H and O–H groups in total. The first-order valence-corrected chi connectivity index (χ1v) is 26.9. The quantitative estimate of drug-likeness (QED) is 0.214. The van der Waals surface area contributed by atoms with Crippen LogP contribution in [-0.2, 0) is 43.0 Å². The van der Waals surface area contributed by atoms with Crippen LogP contribution in [0, 0.1) is 100 Å². The number of rotatable bonds is 4. The second-order valence-corrected chi connectivity index (χ2v) is 25.9. The molecule has 342 valence electrons. The average molecular weight is 891 g/mol. The molecule has 1 aromatic rings. The Morgan fingerprint density at radius 1 is 0.625 bits per heavy atom. The van der Waals surface area contributed by atoms with Gasteiger partial charge in [0.15, 0.2) is 11.6 Å². The van der Waals surface area contributed by atoms with Gasteiger partial charge in [0, 0.05) is 54.3 Å². The number of carbonyl (C=O) groups excluding carboxylic acids is 4. The highest BCUT2D eigenvalue weighted by molar-refractivity contribution is 7.86. The van der Waals surface area contributed by atoms with E-state index in [-0.39, 0.29) is 57.2 Å². The fraction of sp³-hybridized carbons (Fsp3) is 0.741. The Kier molecular flexibility index (Phi) is 8.69. The fourth-order valence-corrected chi connectivity index (χ4v) is 20.2. The van der Waals surface area contributed by atoms with Gasteiger partial charge in [0.2, 0.25) is 0 Å². The van der Waals surface area contributed by atoms with Crippen LogP contribution >= 0.6 is 0 Å². The Morgan fingerprint density at radius 3 is 1.77 bits per heavy atom. The Balaban J connectivity index is 0.000000135. The number of ketones is 2. The maximum absolute atomic E-state index is 13.0. The van der Waals surface area contributed by atoms with E-state index in [0.717, 1.165) is 92.6 Å². The van der Waals surface area contributed by atoms with Crippen LogP contribution in [0.5, 0.6) is 0 Å². The Bertz CT molecular complexity index is 2430. The maximum atomic E-state index is 13.0. The van der Waals surface area contributed by atoms with Crippen molar-refractivity contribution < 1.29 is 41.3 Å². The van der Waals surface area contributed by atoms with Crippen LogP contribution < -0.4 is 0 Å². The zero-order valence-corrected chi connectivity index (χ0v) is 38.8. The van der Waals surface area contributed by atoms with Gasteiger partial charge >= 0.3 is 11.9 Å². The second kappa shape index (κ2) is 13.5. The lowest BCUT2D eigenvalue weighted by Crippen LogP contribution is -2.56. The van der Waals surface area contributed by atoms with Crippen molar-refractivity contribution in [2.45, 2.75) is 152 Å². The molecule has 2 heterocycles. The van der Waals surface area contributed by atoms with E-state index in [2.05, 4.69) is 19.9 Å². The molecule has 0 bridgehead atoms. The first-order valence-electron chi connectivity index (χ1n) is 25.5. The summed E-state index contributed by atoms with van der Waals surface area (Å²) in [5, 5.41) is 0. The number of benzene rings is 1. The van der Waals surface area contributed by atoms with Gasteiger partial charge in [-0.25, -0.2) is 0 Å². The van der Waals surface area contributed by atoms with E-state index in [1.807, 2.05) is 13.0 Å². The molecular weight excluding hydrogens is 825 g/mol. The molecule has 0 radical (unpaired) electrons. The first-order chi connectivity index (χ1) is 30.6. The van der Waals surface area contributed by atoms with Gasteiger partial charge in [-0.15, -0.1) is 0 Å². The van der Waals surface area contributed by atoms with Crippen molar-refractivity contribution in [2.75, 3.05) is 6.61 Å². The molecule has 14 rings (SSSR count). The van der Waals surface area contributed by atoms with Gasteiger partial charge in [-0.05, 0) is 186 Å². The van der Waals surface area contributed by atoms with Crippen molar-refractivity contribution in [1.82, 2.24) is 0 Å². The van der Waals surface area contributed by atoms with Crippen LogP contribution in [0.15, 0.2) is 52.5 Å². The lowest BCUT2D eigenvalue weighted by atomic mass is 9.47. The molecule has 64 heavy (non-hydrogen) atoms. The molecule has 2 aliphatic heterocycles. The third-order valence-electron chi connectivity index (χ3n) is 22.0. The minimum atomic E-state index is -3.88. The molecule has 2 saturated heterocycles. The topological polar surface area (TPSA) is 130 Å². The normalized spacial score (nSPS) is 49.1. The van der Waals surface area contributed by atoms with Crippen molar-refractivity contribution in [1.29, 1.82) is 0 Å². The summed E-state index contributed by atoms with van der Waals surface area (Å²) in [5.74, 6) is 7.76. The summed E-state index contributed by atoms with van der Waals surface area (Å²) in [7, 11) is -3.88. The minimum absolute atomic E-state index is 0.0149. The van der Waals surface area contributed by atoms with Crippen LogP contribution in [0.1, 0.15) is 135 Å². The van der Waals surface area contributed by atoms with Crippen LogP contribution in [0.25, 0.3) is 0 Å². The summed E-state index contributed by atoms with van der Waals surface area (Å²) in [6.07, 6.45) is 22.1. The zero-order chi connectivity index (χ0) is 43.9. The second-order valence-electron chi connectivity index (χ2n) is 24.3. The van der Waals surface area contributed by atoms with Gasteiger partial charge in [0.25, 0.3) is 10.1 Å². The third kappa shape index (κ3) is 5.53. The van der Waals surface area contributed by atoms with Gasteiger partial charge in [-0.3, -0.25) is 23.4 Å². The highest BCUT2D eigenvalue weighted by Gasteiger charge is 2.80. The van der Waals surface area contributed by atoms with Crippen LogP contribution in [0.3, 0.4) is 0 Å². The van der Waals surface area contributed by atoms with Crippen LogP contribution in [0.2, 0.25) is 0 Å². The number of fused-ring (bicyclic) bond motifs is 19. The summed E-state index contributed by atoms with van der Waals surface area (Å²) in [5.41, 5.74) is 3.82. The number of hydrogen-bond acceptors (Lipinski definition) is 9. The Morgan fingerprint density at radius 2 is 1.19 bits per heavy atom. The Hall–Kier alpha value is -3.11. The van der Waals surface area contributed by atoms with Crippen LogP contribution in [-0.4, -0.2) is 49.7 Å². The first kappa shape index (κ1) is 41.1. The largest absolute Gasteiger partial charge is 0.458 e. The summed E-state index contributed by atoms with van der Waals surface area (Å²) in [6.45, 7) is 6.87. The summed E-state index contributed by atoms with van der Waals surface area (Å²) in [6, 6.07) is 6.74. The summed E-state index contributed by atoms with van der Waals surface area (Å²) >= 11 is 0. The molecule has 11 aliphatic carbocycles. The molecule has 0 amide bonds. The van der Waals surface area contributed by atoms with E-state index in [1.165, 1.54) is 38.5 Å². The van der Waals surface area contributed by atoms with Crippen molar-refractivity contribution >= 4 is 33.6 Å². The molecule has 9 saturated carbocycles. The lowest BCUT2D eigenvalue weighted by molar-refractivity contribution is -0.175. The minimum Gasteiger partial charge on any atom is -0.458 e. The summed E-state index contributed by atoms with van der Waals surface area (Å²) in [4.78, 5) is 49.3. The molecular formula is C54H66O9S. The maximum Gasteiger partial charge on any atom is 0.306 e. The van der Waals surface area contributed by atoms with E-state index in [1.54, 1.807) is 29.8 Å². The predicted molar refractivity (Wildman–Crippen MR) is 235 cm³/mol. The predicted octanol–water partition coefficient (Wildman–Crippen LogP) is 9.45. The average Bonchev–Trinajstić information content (AvgIpc) is 4.23. The molecule has 9 nitrogen and oxygen atoms in total. The zero-order valence-electron chi connectivity index (χ0n) is 38.0. The summed E-state index contributed by atoms with van der Waals surface area (Å²) < 4.78 is 44.2. The molecule has 11 fully saturated rings. The number of allylic oxidation sites excluding steroid dienone is 1. The monoisotopic (exact) mass is 890 g/mol. The van der Waals surface area contributed by atoms with Gasteiger partial charge in [0.05, 0.1) is 11.5 Å². The van der Waals surface area contributed by atoms with Crippen molar-refractivity contribution in [3.63, 3.8) is 0 Å². The van der Waals surface area contributed by atoms with Crippen LogP contribution in [0.4, 0.5) is 0 Å². The fourth-order valence-electron chi connectivity index (χ4n) is 19.3. The van der Waals surface area contributed by atoms with Gasteiger partial charge in [0.1, 0.15) is 11.2 Å². The van der Waals surface area contributed by atoms with Gasteiger partial charge in [-0.1, -0.05) is 42.7 Å². The van der Waals surface area contributed by atoms with Crippen molar-refractivity contribution in [3.05, 3.63) is 53.1 Å². The smallest absolute Gasteiger partial charge is 0.306 e. The lowest BCUT2D eigenvalue weighted by Gasteiger charge is -2.58. The number of carbonyl (C=O) groups is 4. The molecule has 13 aliphatic rings. The molecule has 17 atom stereocenters. The van der Waals surface area contributed by atoms with Crippen molar-refractivity contribution in [3.8, 4) is 0 Å². The number of ether oxygens (including phenoxy) is 2. The standard InChI is InChI=1S/C30H36O6S.C24H30O3/c1-17-3-6-20(7-4-17)37(33,34)35-16-18-13-24-22(21-8-5-19(31)14-23(18)21)9-11-29(2)28(24)25-15-26(25)30(29)12-10-27(32)36-30;1-22-6-4-14-15-3-2-13(25)10-18(15)23(8-9-23)12-17(14)21(22)16-11-19(16)24(22)7-5-20(26)27-24/h3-4,6-7,14,18,21-22,24-26,28H,5,8-13,15-16H2,1-2H3;10,14-17,19,21H,2-9,11-12H2,1H3/t18-,21?,22?,24?,25?,26?,28?,29-,30-;14?,15?,16?,17?,19?,21?,22-,24-/m00/s1. The number of aryl methyl sites for hydroxylation is 1. The molecule has 3 spiro atoms. The van der Waals surface area contributed by atoms with E-state index < -0.39 is 10.1 Å². The highest BCUT2D eigenvalue weighted by atomic mass is 32.2. The SMILES string of the molecule is C[C@]12CCC3C4CCC(=O)C=C4C4(CC4)CC3C1C1CC1[C@@]21CCC(=O)O1.Cc1ccc(S(=O)(=O)OC[C@@H]2CC3C(CC[C@@]4(C)C3C3CC3[C@@]43CCC(=O)O3)C3CCC(=O)C=C32)cc1. The van der Waals surface area contributed by atoms with Gasteiger partial charge < -0.3 is 9.47 Å². The molecule has 10 heteroatoms. The Labute approximate surface area is 378 Å². The van der Waals surface area contributed by atoms with E-state index >= 15 is 0 Å². The van der Waals surface area contributed by atoms with E-state index in [4.69, 9.17) is 13.7 Å². The molecule has 0 aromatic heterocycles. The molecule has 1 aromatic carbocycles. The molecule has 12 unspecified atom stereocenters. The number of hydrogen-bond donors (Lipinski definition) is 0.